The molecule has 0 unspecified atom stereocenters. The van der Waals surface area contributed by atoms with Crippen LogP contribution in [0.5, 0.6) is 0 Å². The van der Waals surface area contributed by atoms with E-state index in [1.807, 2.05) is 13.0 Å². The Hall–Kier alpha value is -1.43. The summed E-state index contributed by atoms with van der Waals surface area (Å²) in [6, 6.07) is 4.64. The molecule has 6 heteroatoms. The molecule has 0 bridgehead atoms. The van der Waals surface area contributed by atoms with Gasteiger partial charge >= 0.3 is 0 Å². The third kappa shape index (κ3) is 3.85. The molecule has 4 nitrogen and oxygen atoms in total. The predicted octanol–water partition coefficient (Wildman–Crippen LogP) is 2.25. The summed E-state index contributed by atoms with van der Waals surface area (Å²) >= 11 is 0. The number of nitrogens with one attached hydrogen (secondary N) is 1. The Kier molecular flexibility index (Phi) is 4.90. The van der Waals surface area contributed by atoms with Crippen LogP contribution < -0.4 is 5.32 Å². The molecule has 0 aromatic heterocycles. The van der Waals surface area contributed by atoms with Gasteiger partial charge in [0.05, 0.1) is 11.8 Å². The zero-order chi connectivity index (χ0) is 16.5. The Balaban J connectivity index is 2.19. The second kappa shape index (κ2) is 6.36. The summed E-state index contributed by atoms with van der Waals surface area (Å²) in [4.78, 5) is 12.3. The summed E-state index contributed by atoms with van der Waals surface area (Å²) in [5, 5.41) is 2.90. The SMILES string of the molecule is C[C@H](CS(C)(=O)=O)C(=O)N[C@@H]1c2cccc(F)c2CC[C@@H]1C. The third-order valence-electron chi connectivity index (χ3n) is 4.21. The van der Waals surface area contributed by atoms with Crippen molar-refractivity contribution < 1.29 is 17.6 Å². The molecule has 0 fully saturated rings. The molecule has 0 radical (unpaired) electrons. The van der Waals surface area contributed by atoms with Crippen molar-refractivity contribution in [3.63, 3.8) is 0 Å². The summed E-state index contributed by atoms with van der Waals surface area (Å²) in [5.41, 5.74) is 1.46. The van der Waals surface area contributed by atoms with Gasteiger partial charge < -0.3 is 5.32 Å². The number of halogens is 1. The molecule has 0 aliphatic heterocycles. The van der Waals surface area contributed by atoms with E-state index in [0.717, 1.165) is 18.2 Å². The average Bonchev–Trinajstić information content (AvgIpc) is 2.40. The van der Waals surface area contributed by atoms with Crippen LogP contribution in [0.2, 0.25) is 0 Å². The number of carbonyl (C=O) groups excluding carboxylic acids is 1. The quantitative estimate of drug-likeness (QED) is 0.922. The van der Waals surface area contributed by atoms with E-state index in [1.165, 1.54) is 6.07 Å². The Morgan fingerprint density at radius 2 is 2.14 bits per heavy atom. The Morgan fingerprint density at radius 1 is 1.45 bits per heavy atom. The van der Waals surface area contributed by atoms with E-state index in [4.69, 9.17) is 0 Å². The van der Waals surface area contributed by atoms with Gasteiger partial charge in [-0.1, -0.05) is 26.0 Å². The van der Waals surface area contributed by atoms with Gasteiger partial charge in [0.15, 0.2) is 0 Å². The van der Waals surface area contributed by atoms with Crippen LogP contribution in [0.25, 0.3) is 0 Å². The van der Waals surface area contributed by atoms with Crippen LogP contribution in [0.3, 0.4) is 0 Å². The fourth-order valence-corrected chi connectivity index (χ4v) is 4.08. The highest BCUT2D eigenvalue weighted by Crippen LogP contribution is 2.35. The van der Waals surface area contributed by atoms with Crippen LogP contribution >= 0.6 is 0 Å². The van der Waals surface area contributed by atoms with Crippen molar-refractivity contribution in [1.82, 2.24) is 5.32 Å². The van der Waals surface area contributed by atoms with Crippen LogP contribution in [0.15, 0.2) is 18.2 Å². The molecule has 122 valence electrons. The molecule has 1 aliphatic carbocycles. The number of hydrogen-bond acceptors (Lipinski definition) is 3. The van der Waals surface area contributed by atoms with Crippen molar-refractivity contribution in [1.29, 1.82) is 0 Å². The standard InChI is InChI=1S/C16H22FNO3S/c1-10-7-8-12-13(5-4-6-14(12)17)15(10)18-16(19)11(2)9-22(3,20)21/h4-6,10-11,15H,7-9H2,1-3H3,(H,18,19)/t10-,11+,15-/m0/s1. The Bertz CT molecular complexity index is 672. The number of carbonyl (C=O) groups is 1. The molecule has 1 aromatic carbocycles. The smallest absolute Gasteiger partial charge is 0.224 e. The largest absolute Gasteiger partial charge is 0.349 e. The first-order valence-corrected chi connectivity index (χ1v) is 9.50. The highest BCUT2D eigenvalue weighted by molar-refractivity contribution is 7.90. The number of benzene rings is 1. The number of hydrogen-bond donors (Lipinski definition) is 1. The lowest BCUT2D eigenvalue weighted by Gasteiger charge is -2.33. The average molecular weight is 327 g/mol. The number of amides is 1. The fraction of sp³-hybridized carbons (Fsp3) is 0.562. The van der Waals surface area contributed by atoms with Gasteiger partial charge in [-0.2, -0.15) is 0 Å². The maximum absolute atomic E-state index is 13.9. The van der Waals surface area contributed by atoms with Crippen LogP contribution in [0.4, 0.5) is 4.39 Å². The summed E-state index contributed by atoms with van der Waals surface area (Å²) in [6.45, 7) is 3.61. The van der Waals surface area contributed by atoms with Crippen LogP contribution in [-0.2, 0) is 21.1 Å². The highest BCUT2D eigenvalue weighted by atomic mass is 32.2. The lowest BCUT2D eigenvalue weighted by atomic mass is 9.80. The van der Waals surface area contributed by atoms with Gasteiger partial charge in [0.1, 0.15) is 15.7 Å². The Labute approximate surface area is 131 Å². The first kappa shape index (κ1) is 16.9. The summed E-state index contributed by atoms with van der Waals surface area (Å²) in [5.74, 6) is -1.17. The second-order valence-electron chi connectivity index (χ2n) is 6.30. The van der Waals surface area contributed by atoms with Crippen LogP contribution in [0.1, 0.15) is 37.4 Å². The van der Waals surface area contributed by atoms with Crippen molar-refractivity contribution in [2.75, 3.05) is 12.0 Å². The summed E-state index contributed by atoms with van der Waals surface area (Å²) in [6.07, 6.45) is 2.57. The van der Waals surface area contributed by atoms with Crippen molar-refractivity contribution in [3.8, 4) is 0 Å². The van der Waals surface area contributed by atoms with E-state index < -0.39 is 15.8 Å². The molecule has 0 spiro atoms. The molecule has 1 aromatic rings. The topological polar surface area (TPSA) is 63.2 Å². The normalized spacial score (nSPS) is 22.7. The number of fused-ring (bicyclic) bond motifs is 1. The molecular formula is C16H22FNO3S. The summed E-state index contributed by atoms with van der Waals surface area (Å²) in [7, 11) is -3.21. The van der Waals surface area contributed by atoms with Crippen LogP contribution in [-0.4, -0.2) is 26.3 Å². The van der Waals surface area contributed by atoms with E-state index >= 15 is 0 Å². The van der Waals surface area contributed by atoms with E-state index in [-0.39, 0.29) is 29.4 Å². The first-order valence-electron chi connectivity index (χ1n) is 7.44. The van der Waals surface area contributed by atoms with Gasteiger partial charge in [-0.15, -0.1) is 0 Å². The van der Waals surface area contributed by atoms with Crippen molar-refractivity contribution in [2.45, 2.75) is 32.7 Å². The van der Waals surface area contributed by atoms with Gasteiger partial charge in [-0.25, -0.2) is 12.8 Å². The first-order chi connectivity index (χ1) is 10.2. The Morgan fingerprint density at radius 3 is 2.77 bits per heavy atom. The van der Waals surface area contributed by atoms with Gasteiger partial charge in [-0.3, -0.25) is 4.79 Å². The minimum atomic E-state index is -3.21. The summed E-state index contributed by atoms with van der Waals surface area (Å²) < 4.78 is 36.5. The second-order valence-corrected chi connectivity index (χ2v) is 8.49. The van der Waals surface area contributed by atoms with Crippen molar-refractivity contribution in [2.24, 2.45) is 11.8 Å². The van der Waals surface area contributed by atoms with Crippen molar-refractivity contribution in [3.05, 3.63) is 35.1 Å². The predicted molar refractivity (Wildman–Crippen MR) is 83.6 cm³/mol. The van der Waals surface area contributed by atoms with E-state index in [0.29, 0.717) is 12.0 Å². The number of sulfone groups is 1. The molecule has 0 saturated heterocycles. The monoisotopic (exact) mass is 327 g/mol. The maximum atomic E-state index is 13.9. The van der Waals surface area contributed by atoms with E-state index in [9.17, 15) is 17.6 Å². The highest BCUT2D eigenvalue weighted by Gasteiger charge is 2.31. The molecule has 22 heavy (non-hydrogen) atoms. The maximum Gasteiger partial charge on any atom is 0.224 e. The zero-order valence-electron chi connectivity index (χ0n) is 13.1. The molecule has 0 saturated carbocycles. The van der Waals surface area contributed by atoms with Gasteiger partial charge in [0.25, 0.3) is 0 Å². The molecule has 1 aliphatic rings. The number of rotatable bonds is 4. The molecule has 2 rings (SSSR count). The molecule has 3 atom stereocenters. The van der Waals surface area contributed by atoms with Crippen molar-refractivity contribution >= 4 is 15.7 Å². The minimum absolute atomic E-state index is 0.184. The lowest BCUT2D eigenvalue weighted by molar-refractivity contribution is -0.125. The van der Waals surface area contributed by atoms with Gasteiger partial charge in [0, 0.05) is 12.2 Å². The van der Waals surface area contributed by atoms with E-state index in [1.54, 1.807) is 13.0 Å². The third-order valence-corrected chi connectivity index (χ3v) is 5.31. The molecular weight excluding hydrogens is 305 g/mol. The molecule has 1 N–H and O–H groups in total. The van der Waals surface area contributed by atoms with Gasteiger partial charge in [-0.05, 0) is 36.0 Å². The van der Waals surface area contributed by atoms with Gasteiger partial charge in [0.2, 0.25) is 5.91 Å². The lowest BCUT2D eigenvalue weighted by Crippen LogP contribution is -2.40. The fourth-order valence-electron chi connectivity index (χ4n) is 3.02. The minimum Gasteiger partial charge on any atom is -0.349 e. The van der Waals surface area contributed by atoms with Crippen LogP contribution in [0, 0.1) is 17.7 Å². The van der Waals surface area contributed by atoms with E-state index in [2.05, 4.69) is 5.32 Å². The zero-order valence-corrected chi connectivity index (χ0v) is 13.9. The molecule has 0 heterocycles. The molecule has 1 amide bonds.